The number of cyclic esters (lactones) is 1. The molecule has 0 spiro atoms. The van der Waals surface area contributed by atoms with Gasteiger partial charge in [0.2, 0.25) is 12.7 Å². The van der Waals surface area contributed by atoms with Gasteiger partial charge in [-0.1, -0.05) is 12.1 Å². The van der Waals surface area contributed by atoms with Crippen LogP contribution in [0.4, 0.5) is 0 Å². The first-order chi connectivity index (χ1) is 23.5. The van der Waals surface area contributed by atoms with Gasteiger partial charge in [0.05, 0.1) is 30.5 Å². The number of esters is 2. The Bertz CT molecular complexity index is 1830. The number of ether oxygens (including phenoxy) is 5. The zero-order chi connectivity index (χ0) is 34.9. The van der Waals surface area contributed by atoms with E-state index in [1.807, 2.05) is 13.0 Å². The van der Waals surface area contributed by atoms with Gasteiger partial charge in [-0.25, -0.2) is 4.79 Å². The maximum absolute atomic E-state index is 13.5. The van der Waals surface area contributed by atoms with Crippen LogP contribution >= 0.6 is 11.8 Å². The number of nitrogens with one attached hydrogen (secondary N) is 1. The van der Waals surface area contributed by atoms with Gasteiger partial charge >= 0.3 is 11.9 Å². The van der Waals surface area contributed by atoms with E-state index in [1.54, 1.807) is 13.0 Å². The van der Waals surface area contributed by atoms with Crippen LogP contribution in [0.3, 0.4) is 0 Å². The topological polar surface area (TPSA) is 160 Å². The minimum atomic E-state index is -0.965. The lowest BCUT2D eigenvalue weighted by Gasteiger charge is -2.62. The molecule has 4 unspecified atom stereocenters. The normalized spacial score (nSPS) is 28.2. The number of phenolic OH excluding ortho intramolecular Hbond substituents is 1. The molecule has 5 aliphatic rings. The van der Waals surface area contributed by atoms with Gasteiger partial charge in [0.25, 0.3) is 0 Å². The zero-order valence-electron chi connectivity index (χ0n) is 27.9. The summed E-state index contributed by atoms with van der Waals surface area (Å²) in [5.74, 6) is 0.149. The number of hydrogen-bond donors (Lipinski definition) is 2. The fourth-order valence-electron chi connectivity index (χ4n) is 8.56. The summed E-state index contributed by atoms with van der Waals surface area (Å²) in [7, 11) is 1.52. The largest absolute Gasteiger partial charge is 0.504 e. The molecule has 2 fully saturated rings. The number of fused-ring (bicyclic) bond motifs is 9. The number of carbonyl (C=O) groups excluding carboxylic acids is 3. The molecule has 0 aliphatic carbocycles. The third-order valence-electron chi connectivity index (χ3n) is 10.2. The highest BCUT2D eigenvalue weighted by Crippen LogP contribution is 2.64. The fourth-order valence-corrected chi connectivity index (χ4v) is 10.1. The summed E-state index contributed by atoms with van der Waals surface area (Å²) < 4.78 is 29.7. The molecular formula is C35H38N4O9S. The number of benzene rings is 2. The smallest absolute Gasteiger partial charge is 0.329 e. The van der Waals surface area contributed by atoms with Crippen LogP contribution < -0.4 is 24.3 Å². The van der Waals surface area contributed by atoms with Crippen LogP contribution in [0.15, 0.2) is 18.7 Å². The molecule has 5 aliphatic heterocycles. The van der Waals surface area contributed by atoms with Crippen molar-refractivity contribution in [1.82, 2.24) is 15.1 Å². The van der Waals surface area contributed by atoms with Gasteiger partial charge in [0.15, 0.2) is 23.0 Å². The summed E-state index contributed by atoms with van der Waals surface area (Å²) >= 11 is 1.39. The van der Waals surface area contributed by atoms with E-state index in [2.05, 4.69) is 27.8 Å². The Hall–Kier alpha value is -4.45. The first-order valence-corrected chi connectivity index (χ1v) is 17.2. The Morgan fingerprint density at radius 2 is 1.94 bits per heavy atom. The van der Waals surface area contributed by atoms with E-state index >= 15 is 0 Å². The predicted octanol–water partition coefficient (Wildman–Crippen LogP) is 3.29. The third kappa shape index (κ3) is 5.01. The predicted molar refractivity (Wildman–Crippen MR) is 177 cm³/mol. The molecule has 1 amide bonds. The molecule has 4 bridgehead atoms. The highest BCUT2D eigenvalue weighted by atomic mass is 32.2. The van der Waals surface area contributed by atoms with Crippen molar-refractivity contribution in [1.29, 1.82) is 5.26 Å². The summed E-state index contributed by atoms with van der Waals surface area (Å²) in [5, 5.41) is 25.1. The van der Waals surface area contributed by atoms with E-state index in [0.717, 1.165) is 11.1 Å². The van der Waals surface area contributed by atoms with Crippen molar-refractivity contribution < 1.29 is 43.2 Å². The molecule has 0 aromatic heterocycles. The summed E-state index contributed by atoms with van der Waals surface area (Å²) in [4.78, 5) is 42.7. The maximum Gasteiger partial charge on any atom is 0.329 e. The lowest BCUT2D eigenvalue weighted by atomic mass is 9.71. The molecule has 7 atom stereocenters. The molecule has 2 N–H and O–H groups in total. The molecule has 2 saturated heterocycles. The van der Waals surface area contributed by atoms with E-state index in [9.17, 15) is 24.8 Å². The van der Waals surface area contributed by atoms with Crippen molar-refractivity contribution in [3.63, 3.8) is 0 Å². The van der Waals surface area contributed by atoms with Crippen molar-refractivity contribution >= 4 is 29.6 Å². The monoisotopic (exact) mass is 690 g/mol. The van der Waals surface area contributed by atoms with Crippen molar-refractivity contribution in [2.45, 2.75) is 75.6 Å². The first-order valence-electron chi connectivity index (χ1n) is 16.1. The third-order valence-corrected chi connectivity index (χ3v) is 11.6. The molecular weight excluding hydrogens is 652 g/mol. The number of hydrogen-bond acceptors (Lipinski definition) is 13. The van der Waals surface area contributed by atoms with E-state index in [4.69, 9.17) is 23.7 Å². The van der Waals surface area contributed by atoms with Gasteiger partial charge < -0.3 is 34.1 Å². The summed E-state index contributed by atoms with van der Waals surface area (Å²) in [6, 6.07) is 0.807. The molecule has 13 nitrogen and oxygen atoms in total. The SMILES string of the molecule is C=CCN1C2c3c(cc(C)c(OC)c3O)CC1[C@H](C#N)N1C2[C@@H]2SCC(NC(C)=O)C(=O)OC[C@H]1c1c3c(c(C)c(OC(C)=O)c12)OCO3. The molecule has 7 rings (SSSR count). The van der Waals surface area contributed by atoms with Crippen molar-refractivity contribution in [2.75, 3.05) is 32.8 Å². The number of aromatic hydroxyl groups is 1. The van der Waals surface area contributed by atoms with Crippen LogP contribution in [0, 0.1) is 25.2 Å². The standard InChI is InChI=1S/C35H38N4O9S/c1-7-8-38-21-10-19-9-15(2)30(44-6)29(42)24(19)27(38)28-34-26-25(33-32(46-14-47-33)16(3)31(26)48-18(5)41)23(39(28)22(21)11-36)12-45-35(43)20(13-49-34)37-17(4)40/h7,9,20-23,27-28,34,42H,1,8,10,12-14H2,2-6H3,(H,37,40)/t20?,21?,22-,23-,27?,28?,34+/m0/s1. The van der Waals surface area contributed by atoms with Crippen LogP contribution in [-0.2, 0) is 25.5 Å². The first kappa shape index (κ1) is 33.1. The van der Waals surface area contributed by atoms with E-state index in [1.165, 1.54) is 32.7 Å². The van der Waals surface area contributed by atoms with Gasteiger partial charge in [0, 0.05) is 60.5 Å². The number of phenols is 1. The second-order valence-electron chi connectivity index (χ2n) is 13.0. The lowest BCUT2D eigenvalue weighted by Crippen LogP contribution is -2.70. The van der Waals surface area contributed by atoms with Gasteiger partial charge in [0.1, 0.15) is 24.4 Å². The van der Waals surface area contributed by atoms with E-state index < -0.39 is 47.4 Å². The summed E-state index contributed by atoms with van der Waals surface area (Å²) in [5.41, 5.74) is 4.22. The Labute approximate surface area is 288 Å². The minimum Gasteiger partial charge on any atom is -0.504 e. The highest BCUT2D eigenvalue weighted by molar-refractivity contribution is 7.99. The number of rotatable bonds is 5. The van der Waals surface area contributed by atoms with Crippen molar-refractivity contribution in [3.8, 4) is 34.8 Å². The van der Waals surface area contributed by atoms with E-state index in [0.29, 0.717) is 58.2 Å². The van der Waals surface area contributed by atoms with Gasteiger partial charge in [-0.3, -0.25) is 19.4 Å². The quantitative estimate of drug-likeness (QED) is 0.268. The lowest BCUT2D eigenvalue weighted by molar-refractivity contribution is -0.152. The van der Waals surface area contributed by atoms with Crippen LogP contribution in [0.25, 0.3) is 0 Å². The molecule has 5 heterocycles. The molecule has 0 saturated carbocycles. The second-order valence-corrected chi connectivity index (χ2v) is 14.1. The number of piperazine rings is 1. The Balaban J connectivity index is 1.56. The fraction of sp³-hybridized carbons (Fsp3) is 0.486. The van der Waals surface area contributed by atoms with Crippen molar-refractivity contribution in [3.05, 3.63) is 52.1 Å². The van der Waals surface area contributed by atoms with E-state index in [-0.39, 0.29) is 36.9 Å². The number of thioether (sulfide) groups is 1. The van der Waals surface area contributed by atoms with Crippen LogP contribution in [0.1, 0.15) is 64.6 Å². The Kier molecular flexibility index (Phi) is 8.41. The molecule has 2 aromatic rings. The molecule has 14 heteroatoms. The number of nitrogens with zero attached hydrogens (tertiary/aromatic N) is 3. The second kappa shape index (κ2) is 12.5. The number of aryl methyl sites for hydroxylation is 1. The van der Waals surface area contributed by atoms with Gasteiger partial charge in [-0.15, -0.1) is 18.3 Å². The number of amides is 1. The van der Waals surface area contributed by atoms with Gasteiger partial charge in [-0.2, -0.15) is 5.26 Å². The molecule has 258 valence electrons. The minimum absolute atomic E-state index is 0.0215. The Morgan fingerprint density at radius 3 is 2.61 bits per heavy atom. The zero-order valence-corrected chi connectivity index (χ0v) is 28.7. The molecule has 49 heavy (non-hydrogen) atoms. The van der Waals surface area contributed by atoms with Crippen molar-refractivity contribution in [2.24, 2.45) is 0 Å². The van der Waals surface area contributed by atoms with Gasteiger partial charge in [-0.05, 0) is 31.4 Å². The maximum atomic E-state index is 13.5. The highest BCUT2D eigenvalue weighted by Gasteiger charge is 2.61. The summed E-state index contributed by atoms with van der Waals surface area (Å²) in [6.45, 7) is 10.5. The Morgan fingerprint density at radius 1 is 1.18 bits per heavy atom. The van der Waals surface area contributed by atoms with Crippen LogP contribution in [0.2, 0.25) is 0 Å². The molecule has 2 aromatic carbocycles. The average Bonchev–Trinajstić information content (AvgIpc) is 3.54. The molecule has 0 radical (unpaired) electrons. The van der Waals surface area contributed by atoms with Crippen LogP contribution in [0.5, 0.6) is 28.7 Å². The number of nitriles is 1. The summed E-state index contributed by atoms with van der Waals surface area (Å²) in [6.07, 6.45) is 2.25. The number of methoxy groups -OCH3 is 1. The average molecular weight is 691 g/mol. The number of carbonyl (C=O) groups is 3. The van der Waals surface area contributed by atoms with Crippen LogP contribution in [-0.4, -0.2) is 89.7 Å².